The Morgan fingerprint density at radius 1 is 1.50 bits per heavy atom. The summed E-state index contributed by atoms with van der Waals surface area (Å²) < 4.78 is 1.75. The summed E-state index contributed by atoms with van der Waals surface area (Å²) in [5, 5.41) is 5.05. The van der Waals surface area contributed by atoms with Gasteiger partial charge < -0.3 is 0 Å². The predicted octanol–water partition coefficient (Wildman–Crippen LogP) is 2.66. The molecule has 0 aliphatic carbocycles. The van der Waals surface area contributed by atoms with Crippen molar-refractivity contribution in [2.75, 3.05) is 0 Å². The van der Waals surface area contributed by atoms with Crippen LogP contribution in [0.15, 0.2) is 6.20 Å². The number of rotatable bonds is 1. The quantitative estimate of drug-likeness (QED) is 0.660. The fourth-order valence-electron chi connectivity index (χ4n) is 1.13. The summed E-state index contributed by atoms with van der Waals surface area (Å²) in [6.07, 6.45) is 2.76. The summed E-state index contributed by atoms with van der Waals surface area (Å²) >= 11 is 5.97. The van der Waals surface area contributed by atoms with E-state index in [1.54, 1.807) is 4.68 Å². The highest BCUT2D eigenvalue weighted by Gasteiger charge is 2.15. The molecular formula is C9H15ClN2. The van der Waals surface area contributed by atoms with Crippen molar-refractivity contribution in [2.45, 2.75) is 27.2 Å². The molecule has 0 N–H and O–H groups in total. The first-order valence-electron chi connectivity index (χ1n) is 4.06. The first kappa shape index (κ1) is 9.59. The molecular weight excluding hydrogens is 172 g/mol. The third-order valence-electron chi connectivity index (χ3n) is 1.55. The third-order valence-corrected chi connectivity index (χ3v) is 1.87. The summed E-state index contributed by atoms with van der Waals surface area (Å²) in [6, 6.07) is 0. The molecule has 1 aromatic rings. The van der Waals surface area contributed by atoms with Crippen LogP contribution < -0.4 is 0 Å². The smallest absolute Gasteiger partial charge is 0.0817 e. The maximum Gasteiger partial charge on any atom is 0.0817 e. The van der Waals surface area contributed by atoms with Gasteiger partial charge in [0.1, 0.15) is 0 Å². The van der Waals surface area contributed by atoms with E-state index in [9.17, 15) is 0 Å². The van der Waals surface area contributed by atoms with Crippen LogP contribution in [0.3, 0.4) is 0 Å². The first-order valence-corrected chi connectivity index (χ1v) is 4.44. The highest BCUT2D eigenvalue weighted by Crippen LogP contribution is 2.24. The summed E-state index contributed by atoms with van der Waals surface area (Å²) in [5.41, 5.74) is 1.24. The topological polar surface area (TPSA) is 17.8 Å². The molecule has 0 aliphatic rings. The van der Waals surface area contributed by atoms with Crippen LogP contribution in [0.25, 0.3) is 0 Å². The van der Waals surface area contributed by atoms with E-state index in [4.69, 9.17) is 11.6 Å². The monoisotopic (exact) mass is 186 g/mol. The molecule has 0 amide bonds. The lowest BCUT2D eigenvalue weighted by Crippen LogP contribution is -2.10. The molecule has 0 atom stereocenters. The van der Waals surface area contributed by atoms with Gasteiger partial charge in [0.15, 0.2) is 0 Å². The summed E-state index contributed by atoms with van der Waals surface area (Å²) in [5.74, 6) is 0. The zero-order valence-electron chi connectivity index (χ0n) is 8.06. The van der Waals surface area contributed by atoms with Gasteiger partial charge in [-0.15, -0.1) is 0 Å². The minimum atomic E-state index is 0.248. The SMILES string of the molecule is Cn1cc(Cl)c(CC(C)(C)C)n1. The van der Waals surface area contributed by atoms with Crippen molar-refractivity contribution >= 4 is 11.6 Å². The van der Waals surface area contributed by atoms with Gasteiger partial charge in [-0.05, 0) is 11.8 Å². The Morgan fingerprint density at radius 2 is 2.08 bits per heavy atom. The van der Waals surface area contributed by atoms with E-state index < -0.39 is 0 Å². The second kappa shape index (κ2) is 3.09. The molecule has 1 aromatic heterocycles. The van der Waals surface area contributed by atoms with Crippen LogP contribution in [0.1, 0.15) is 26.5 Å². The van der Waals surface area contributed by atoms with Crippen LogP contribution in [0.5, 0.6) is 0 Å². The van der Waals surface area contributed by atoms with Gasteiger partial charge >= 0.3 is 0 Å². The van der Waals surface area contributed by atoms with Crippen molar-refractivity contribution in [3.8, 4) is 0 Å². The Balaban J connectivity index is 2.82. The minimum absolute atomic E-state index is 0.248. The summed E-state index contributed by atoms with van der Waals surface area (Å²) in [7, 11) is 1.89. The number of aromatic nitrogens is 2. The van der Waals surface area contributed by atoms with Gasteiger partial charge in [-0.1, -0.05) is 32.4 Å². The Morgan fingerprint density at radius 3 is 2.42 bits per heavy atom. The minimum Gasteiger partial charge on any atom is -0.274 e. The molecule has 1 heterocycles. The fraction of sp³-hybridized carbons (Fsp3) is 0.667. The molecule has 0 radical (unpaired) electrons. The molecule has 0 aliphatic heterocycles. The molecule has 0 unspecified atom stereocenters. The van der Waals surface area contributed by atoms with E-state index in [1.165, 1.54) is 0 Å². The van der Waals surface area contributed by atoms with Crippen molar-refractivity contribution in [2.24, 2.45) is 12.5 Å². The van der Waals surface area contributed by atoms with Gasteiger partial charge in [0, 0.05) is 13.2 Å². The van der Waals surface area contributed by atoms with Crippen LogP contribution in [0.2, 0.25) is 5.02 Å². The molecule has 68 valence electrons. The molecule has 0 saturated heterocycles. The van der Waals surface area contributed by atoms with E-state index in [0.717, 1.165) is 17.1 Å². The lowest BCUT2D eigenvalue weighted by molar-refractivity contribution is 0.404. The number of hydrogen-bond donors (Lipinski definition) is 0. The molecule has 0 spiro atoms. The Labute approximate surface area is 78.5 Å². The van der Waals surface area contributed by atoms with E-state index in [2.05, 4.69) is 25.9 Å². The van der Waals surface area contributed by atoms with Crippen LogP contribution in [-0.2, 0) is 13.5 Å². The maximum atomic E-state index is 5.97. The average molecular weight is 187 g/mol. The molecule has 3 heteroatoms. The fourth-order valence-corrected chi connectivity index (χ4v) is 1.37. The van der Waals surface area contributed by atoms with E-state index in [1.807, 2.05) is 13.2 Å². The van der Waals surface area contributed by atoms with Gasteiger partial charge in [0.2, 0.25) is 0 Å². The van der Waals surface area contributed by atoms with Gasteiger partial charge in [0.25, 0.3) is 0 Å². The summed E-state index contributed by atoms with van der Waals surface area (Å²) in [4.78, 5) is 0. The van der Waals surface area contributed by atoms with Gasteiger partial charge in [-0.25, -0.2) is 0 Å². The molecule has 0 fully saturated rings. The number of aryl methyl sites for hydroxylation is 1. The lowest BCUT2D eigenvalue weighted by Gasteiger charge is -2.16. The Bertz CT molecular complexity index is 271. The number of hydrogen-bond acceptors (Lipinski definition) is 1. The van der Waals surface area contributed by atoms with Crippen molar-refractivity contribution in [1.29, 1.82) is 0 Å². The second-order valence-corrected chi connectivity index (χ2v) is 4.74. The lowest BCUT2D eigenvalue weighted by atomic mass is 9.91. The van der Waals surface area contributed by atoms with Crippen molar-refractivity contribution in [3.63, 3.8) is 0 Å². The molecule has 12 heavy (non-hydrogen) atoms. The van der Waals surface area contributed by atoms with Crippen LogP contribution in [-0.4, -0.2) is 9.78 Å². The molecule has 2 nitrogen and oxygen atoms in total. The average Bonchev–Trinajstić information content (AvgIpc) is 2.06. The third kappa shape index (κ3) is 2.52. The second-order valence-electron chi connectivity index (χ2n) is 4.33. The molecule has 0 saturated carbocycles. The van der Waals surface area contributed by atoms with Crippen molar-refractivity contribution in [3.05, 3.63) is 16.9 Å². The molecule has 1 rings (SSSR count). The van der Waals surface area contributed by atoms with Gasteiger partial charge in [-0.3, -0.25) is 4.68 Å². The van der Waals surface area contributed by atoms with Gasteiger partial charge in [0.05, 0.1) is 10.7 Å². The standard InChI is InChI=1S/C9H15ClN2/c1-9(2,3)5-8-7(10)6-12(4)11-8/h6H,5H2,1-4H3. The van der Waals surface area contributed by atoms with E-state index in [0.29, 0.717) is 0 Å². The van der Waals surface area contributed by atoms with E-state index >= 15 is 0 Å². The zero-order valence-corrected chi connectivity index (χ0v) is 8.81. The Hall–Kier alpha value is -0.500. The largest absolute Gasteiger partial charge is 0.274 e. The zero-order chi connectivity index (χ0) is 9.35. The van der Waals surface area contributed by atoms with Crippen LogP contribution >= 0.6 is 11.6 Å². The maximum absolute atomic E-state index is 5.97. The highest BCUT2D eigenvalue weighted by molar-refractivity contribution is 6.31. The normalized spacial score (nSPS) is 12.1. The Kier molecular flexibility index (Phi) is 2.47. The molecule has 0 aromatic carbocycles. The van der Waals surface area contributed by atoms with E-state index in [-0.39, 0.29) is 5.41 Å². The van der Waals surface area contributed by atoms with Crippen molar-refractivity contribution < 1.29 is 0 Å². The van der Waals surface area contributed by atoms with Gasteiger partial charge in [-0.2, -0.15) is 5.10 Å². The highest BCUT2D eigenvalue weighted by atomic mass is 35.5. The number of halogens is 1. The van der Waals surface area contributed by atoms with Crippen molar-refractivity contribution in [1.82, 2.24) is 9.78 Å². The number of nitrogens with zero attached hydrogens (tertiary/aromatic N) is 2. The van der Waals surface area contributed by atoms with Crippen LogP contribution in [0.4, 0.5) is 0 Å². The molecule has 0 bridgehead atoms. The summed E-state index contributed by atoms with van der Waals surface area (Å²) in [6.45, 7) is 6.54. The predicted molar refractivity (Wildman–Crippen MR) is 51.4 cm³/mol. The van der Waals surface area contributed by atoms with Crippen LogP contribution in [0, 0.1) is 5.41 Å². The first-order chi connectivity index (χ1) is 5.38.